The summed E-state index contributed by atoms with van der Waals surface area (Å²) >= 11 is 0. The first kappa shape index (κ1) is 19.1. The Balaban J connectivity index is 1.99. The van der Waals surface area contributed by atoms with Crippen molar-refractivity contribution in [1.82, 2.24) is 9.97 Å². The summed E-state index contributed by atoms with van der Waals surface area (Å²) in [5, 5.41) is 0. The van der Waals surface area contributed by atoms with Gasteiger partial charge in [-0.3, -0.25) is 0 Å². The highest BCUT2D eigenvalue weighted by Gasteiger charge is 2.28. The highest BCUT2D eigenvalue weighted by molar-refractivity contribution is 6.00. The number of carbonyl (C=O) groups excluding carboxylic acids is 1. The van der Waals surface area contributed by atoms with E-state index in [0.29, 0.717) is 5.56 Å². The van der Waals surface area contributed by atoms with Crippen LogP contribution in [-0.4, -0.2) is 23.0 Å². The fraction of sp³-hybridized carbons (Fsp3) is 0.240. The Morgan fingerprint density at radius 2 is 1.48 bits per heavy atom. The minimum atomic E-state index is -0.318. The van der Waals surface area contributed by atoms with E-state index in [1.807, 2.05) is 36.7 Å². The van der Waals surface area contributed by atoms with Crippen LogP contribution in [0.25, 0.3) is 11.1 Å². The van der Waals surface area contributed by atoms with Crippen molar-refractivity contribution in [3.8, 4) is 11.1 Å². The number of carbonyl (C=O) groups is 1. The molecule has 0 aliphatic heterocycles. The van der Waals surface area contributed by atoms with E-state index in [9.17, 15) is 4.79 Å². The second-order valence-electron chi connectivity index (χ2n) is 8.39. The Bertz CT molecular complexity index is 1050. The molecule has 0 saturated carbocycles. The number of nitrogens with one attached hydrogen (secondary N) is 2. The fourth-order valence-corrected chi connectivity index (χ4v) is 3.95. The number of H-pyrrole nitrogens is 2. The van der Waals surface area contributed by atoms with Crippen molar-refractivity contribution in [1.29, 1.82) is 0 Å². The monoisotopic (exact) mass is 386 g/mol. The molecule has 0 saturated heterocycles. The molecule has 4 nitrogen and oxygen atoms in total. The lowest BCUT2D eigenvalue weighted by atomic mass is 9.88. The number of rotatable bonds is 4. The highest BCUT2D eigenvalue weighted by atomic mass is 16.5. The Labute approximate surface area is 171 Å². The molecule has 2 aromatic heterocycles. The number of aromatic nitrogens is 2. The number of hydrogen-bond acceptors (Lipinski definition) is 2. The Kier molecular flexibility index (Phi) is 4.79. The summed E-state index contributed by atoms with van der Waals surface area (Å²) in [6.45, 7) is 6.57. The van der Waals surface area contributed by atoms with Gasteiger partial charge in [-0.2, -0.15) is 0 Å². The lowest BCUT2D eigenvalue weighted by Gasteiger charge is -2.17. The van der Waals surface area contributed by atoms with Crippen LogP contribution in [0, 0.1) is 0 Å². The van der Waals surface area contributed by atoms with Crippen molar-refractivity contribution in [2.45, 2.75) is 32.1 Å². The minimum Gasteiger partial charge on any atom is -0.465 e. The quantitative estimate of drug-likeness (QED) is 0.441. The topological polar surface area (TPSA) is 57.9 Å². The van der Waals surface area contributed by atoms with Gasteiger partial charge in [-0.05, 0) is 58.0 Å². The summed E-state index contributed by atoms with van der Waals surface area (Å²) < 4.78 is 5.09. The summed E-state index contributed by atoms with van der Waals surface area (Å²) in [6, 6.07) is 18.6. The van der Waals surface area contributed by atoms with Crippen molar-refractivity contribution in [2.24, 2.45) is 0 Å². The molecular formula is C25H26N2O2. The Morgan fingerprint density at radius 1 is 0.897 bits per heavy atom. The van der Waals surface area contributed by atoms with Gasteiger partial charge < -0.3 is 14.7 Å². The third-order valence-electron chi connectivity index (χ3n) is 5.50. The van der Waals surface area contributed by atoms with E-state index < -0.39 is 0 Å². The van der Waals surface area contributed by atoms with Crippen LogP contribution in [-0.2, 0) is 10.2 Å². The number of hydrogen-bond donors (Lipinski definition) is 2. The number of fused-ring (bicyclic) bond motifs is 1. The van der Waals surface area contributed by atoms with Gasteiger partial charge in [-0.1, -0.05) is 45.0 Å². The van der Waals surface area contributed by atoms with E-state index in [0.717, 1.165) is 28.1 Å². The summed E-state index contributed by atoms with van der Waals surface area (Å²) in [5.74, 6) is -0.358. The molecular weight excluding hydrogens is 360 g/mol. The average Bonchev–Trinajstić information content (AvgIpc) is 3.42. The molecule has 2 aromatic rings. The van der Waals surface area contributed by atoms with Crippen LogP contribution in [0.3, 0.4) is 0 Å². The first-order valence-electron chi connectivity index (χ1n) is 9.82. The number of esters is 1. The number of methoxy groups -OCH3 is 1. The van der Waals surface area contributed by atoms with Gasteiger partial charge >= 0.3 is 5.97 Å². The van der Waals surface area contributed by atoms with Gasteiger partial charge in [-0.15, -0.1) is 0 Å². The molecule has 29 heavy (non-hydrogen) atoms. The molecule has 0 spiro atoms. The van der Waals surface area contributed by atoms with Gasteiger partial charge in [0.25, 0.3) is 0 Å². The molecule has 2 N–H and O–H groups in total. The van der Waals surface area contributed by atoms with Crippen LogP contribution >= 0.6 is 0 Å². The maximum Gasteiger partial charge on any atom is 0.338 e. The summed E-state index contributed by atoms with van der Waals surface area (Å²) in [4.78, 5) is 19.3. The summed E-state index contributed by atoms with van der Waals surface area (Å²) in [7, 11) is 1.43. The third kappa shape index (κ3) is 3.46. The molecule has 2 aliphatic rings. The van der Waals surface area contributed by atoms with Crippen LogP contribution < -0.4 is 0 Å². The SMILES string of the molecule is COC(=O)c1cc(C(c2ccc[nH]2)c2ccc[nH]2)c2ccc(C(C)(C)C)ccc1-2. The standard InChI is InChI=1S/C25H26N2O2/c1-25(2,3)16-9-11-17-18(12-10-16)20(24(28)29-4)15-19(17)23(21-7-5-13-26-21)22-8-6-14-27-22/h5-15,23,26-27H,1-4H3. The molecule has 4 heteroatoms. The number of aromatic amines is 2. The molecule has 0 bridgehead atoms. The van der Waals surface area contributed by atoms with Gasteiger partial charge in [0.2, 0.25) is 0 Å². The Hall–Kier alpha value is -3.27. The lowest BCUT2D eigenvalue weighted by molar-refractivity contribution is 0.0602. The van der Waals surface area contributed by atoms with E-state index in [4.69, 9.17) is 4.74 Å². The maximum atomic E-state index is 12.6. The third-order valence-corrected chi connectivity index (χ3v) is 5.50. The Morgan fingerprint density at radius 3 is 1.97 bits per heavy atom. The molecule has 2 aliphatic carbocycles. The molecule has 2 heterocycles. The van der Waals surface area contributed by atoms with Gasteiger partial charge in [0.05, 0.1) is 18.6 Å². The zero-order valence-electron chi connectivity index (χ0n) is 17.2. The molecule has 4 rings (SSSR count). The van der Waals surface area contributed by atoms with E-state index in [-0.39, 0.29) is 17.3 Å². The molecule has 0 amide bonds. The smallest absolute Gasteiger partial charge is 0.338 e. The number of ether oxygens (including phenoxy) is 1. The largest absolute Gasteiger partial charge is 0.465 e. The van der Waals surface area contributed by atoms with Gasteiger partial charge in [-0.25, -0.2) is 4.79 Å². The zero-order valence-corrected chi connectivity index (χ0v) is 17.2. The maximum absolute atomic E-state index is 12.6. The van der Waals surface area contributed by atoms with Crippen molar-refractivity contribution in [3.05, 3.63) is 95.1 Å². The lowest BCUT2D eigenvalue weighted by Crippen LogP contribution is -2.09. The van der Waals surface area contributed by atoms with Gasteiger partial charge in [0.1, 0.15) is 0 Å². The molecule has 148 valence electrons. The highest BCUT2D eigenvalue weighted by Crippen LogP contribution is 2.42. The van der Waals surface area contributed by atoms with E-state index in [1.54, 1.807) is 0 Å². The van der Waals surface area contributed by atoms with E-state index in [2.05, 4.69) is 61.1 Å². The molecule has 0 unspecified atom stereocenters. The molecule has 0 radical (unpaired) electrons. The van der Waals surface area contributed by atoms with Crippen molar-refractivity contribution < 1.29 is 9.53 Å². The average molecular weight is 386 g/mol. The van der Waals surface area contributed by atoms with E-state index in [1.165, 1.54) is 12.7 Å². The molecule has 0 fully saturated rings. The van der Waals surface area contributed by atoms with Crippen molar-refractivity contribution in [3.63, 3.8) is 0 Å². The van der Waals surface area contributed by atoms with Crippen molar-refractivity contribution in [2.75, 3.05) is 7.11 Å². The van der Waals surface area contributed by atoms with Crippen LogP contribution in [0.15, 0.2) is 67.0 Å². The molecule has 0 aromatic carbocycles. The van der Waals surface area contributed by atoms with Crippen LogP contribution in [0.5, 0.6) is 0 Å². The van der Waals surface area contributed by atoms with E-state index >= 15 is 0 Å². The van der Waals surface area contributed by atoms with Crippen LogP contribution in [0.4, 0.5) is 0 Å². The summed E-state index contributed by atoms with van der Waals surface area (Å²) in [5.41, 5.74) is 6.99. The first-order valence-corrected chi connectivity index (χ1v) is 9.82. The predicted molar refractivity (Wildman–Crippen MR) is 116 cm³/mol. The van der Waals surface area contributed by atoms with Gasteiger partial charge in [0, 0.05) is 23.8 Å². The minimum absolute atomic E-state index is 0.0143. The second-order valence-corrected chi connectivity index (χ2v) is 8.39. The summed E-state index contributed by atoms with van der Waals surface area (Å²) in [6.07, 6.45) is 3.85. The van der Waals surface area contributed by atoms with Crippen molar-refractivity contribution >= 4 is 5.97 Å². The molecule has 0 atom stereocenters. The second kappa shape index (κ2) is 7.28. The van der Waals surface area contributed by atoms with Crippen LogP contribution in [0.1, 0.15) is 59.6 Å². The predicted octanol–water partition coefficient (Wildman–Crippen LogP) is 5.71. The fourth-order valence-electron chi connectivity index (χ4n) is 3.95. The van der Waals surface area contributed by atoms with Gasteiger partial charge in [0.15, 0.2) is 0 Å². The van der Waals surface area contributed by atoms with Crippen LogP contribution in [0.2, 0.25) is 0 Å². The first-order chi connectivity index (χ1) is 13.9. The normalized spacial score (nSPS) is 11.9. The zero-order chi connectivity index (χ0) is 20.6.